The zero-order chi connectivity index (χ0) is 25.5. The molecule has 4 rings (SSSR count). The van der Waals surface area contributed by atoms with E-state index >= 15 is 0 Å². The number of hydrogen-bond donors (Lipinski definition) is 1. The van der Waals surface area contributed by atoms with Crippen molar-refractivity contribution in [2.75, 3.05) is 24.8 Å². The number of thioether (sulfide) groups is 1. The van der Waals surface area contributed by atoms with Gasteiger partial charge in [-0.3, -0.25) is 0 Å². The molecule has 9 heteroatoms. The lowest BCUT2D eigenvalue weighted by molar-refractivity contribution is -0.139. The van der Waals surface area contributed by atoms with Gasteiger partial charge in [-0.1, -0.05) is 68.4 Å². The summed E-state index contributed by atoms with van der Waals surface area (Å²) in [7, 11) is 1.61. The number of nitrogens with one attached hydrogen (secondary N) is 1. The summed E-state index contributed by atoms with van der Waals surface area (Å²) in [6.45, 7) is 6.77. The summed E-state index contributed by atoms with van der Waals surface area (Å²) in [5.74, 6) is 2.25. The lowest BCUT2D eigenvalue weighted by atomic mass is 9.95. The fourth-order valence-corrected chi connectivity index (χ4v) is 4.54. The number of unbranched alkanes of at least 4 members (excludes halogenated alkanes) is 1. The van der Waals surface area contributed by atoms with Crippen LogP contribution in [0.15, 0.2) is 65.0 Å². The first-order valence-electron chi connectivity index (χ1n) is 12.1. The molecule has 1 aromatic heterocycles. The van der Waals surface area contributed by atoms with E-state index in [1.807, 2.05) is 55.5 Å². The Kier molecular flexibility index (Phi) is 8.53. The molecule has 36 heavy (non-hydrogen) atoms. The number of benzene rings is 2. The van der Waals surface area contributed by atoms with Crippen molar-refractivity contribution in [1.29, 1.82) is 0 Å². The number of hydrogen-bond acceptors (Lipinski definition) is 8. The highest BCUT2D eigenvalue weighted by atomic mass is 32.2. The highest BCUT2D eigenvalue weighted by Crippen LogP contribution is 2.40. The van der Waals surface area contributed by atoms with Gasteiger partial charge in [-0.25, -0.2) is 9.48 Å². The molecular weight excluding hydrogens is 476 g/mol. The van der Waals surface area contributed by atoms with E-state index in [0.29, 0.717) is 47.1 Å². The van der Waals surface area contributed by atoms with Gasteiger partial charge < -0.3 is 19.5 Å². The van der Waals surface area contributed by atoms with Crippen LogP contribution in [0.2, 0.25) is 0 Å². The molecule has 1 N–H and O–H groups in total. The molecule has 0 saturated carbocycles. The van der Waals surface area contributed by atoms with Crippen molar-refractivity contribution >= 4 is 23.7 Å². The molecule has 0 amide bonds. The lowest BCUT2D eigenvalue weighted by Gasteiger charge is -2.28. The first-order chi connectivity index (χ1) is 17.5. The van der Waals surface area contributed by atoms with Gasteiger partial charge >= 0.3 is 5.97 Å². The smallest absolute Gasteiger partial charge is 0.338 e. The largest absolute Gasteiger partial charge is 0.493 e. The number of fused-ring (bicyclic) bond motifs is 1. The Labute approximate surface area is 216 Å². The van der Waals surface area contributed by atoms with Crippen LogP contribution in [-0.2, 0) is 16.1 Å². The molecule has 2 aromatic carbocycles. The maximum atomic E-state index is 13.2. The third kappa shape index (κ3) is 5.67. The van der Waals surface area contributed by atoms with Gasteiger partial charge in [0.15, 0.2) is 11.5 Å². The monoisotopic (exact) mass is 508 g/mol. The Morgan fingerprint density at radius 1 is 1.14 bits per heavy atom. The number of rotatable bonds is 11. The van der Waals surface area contributed by atoms with Crippen molar-refractivity contribution in [3.63, 3.8) is 0 Å². The highest BCUT2D eigenvalue weighted by molar-refractivity contribution is 7.99. The molecule has 0 radical (unpaired) electrons. The Morgan fingerprint density at radius 2 is 1.94 bits per heavy atom. The minimum absolute atomic E-state index is 0.368. The molecule has 0 saturated heterocycles. The molecule has 8 nitrogen and oxygen atoms in total. The second-order valence-electron chi connectivity index (χ2n) is 8.34. The zero-order valence-electron chi connectivity index (χ0n) is 21.1. The molecular formula is C27H32N4O4S. The van der Waals surface area contributed by atoms with E-state index in [1.165, 1.54) is 0 Å². The van der Waals surface area contributed by atoms with Crippen molar-refractivity contribution in [2.45, 2.75) is 51.4 Å². The Hall–Kier alpha value is -3.46. The van der Waals surface area contributed by atoms with Gasteiger partial charge in [0, 0.05) is 5.70 Å². The van der Waals surface area contributed by atoms with E-state index in [0.717, 1.165) is 29.7 Å². The predicted octanol–water partition coefficient (Wildman–Crippen LogP) is 5.61. The van der Waals surface area contributed by atoms with Gasteiger partial charge in [0.2, 0.25) is 11.1 Å². The van der Waals surface area contributed by atoms with Gasteiger partial charge in [-0.2, -0.15) is 4.98 Å². The van der Waals surface area contributed by atoms with Gasteiger partial charge in [-0.15, -0.1) is 5.10 Å². The average molecular weight is 509 g/mol. The lowest BCUT2D eigenvalue weighted by Crippen LogP contribution is -2.29. The normalized spacial score (nSPS) is 14.7. The van der Waals surface area contributed by atoms with E-state index in [-0.39, 0.29) is 5.97 Å². The minimum atomic E-state index is -0.522. The van der Waals surface area contributed by atoms with Gasteiger partial charge in [0.25, 0.3) is 0 Å². The second kappa shape index (κ2) is 12.0. The van der Waals surface area contributed by atoms with Crippen molar-refractivity contribution in [3.05, 3.63) is 70.9 Å². The van der Waals surface area contributed by atoms with Crippen molar-refractivity contribution in [1.82, 2.24) is 14.8 Å². The molecule has 1 unspecified atom stereocenters. The second-order valence-corrected chi connectivity index (χ2v) is 9.57. The van der Waals surface area contributed by atoms with Crippen LogP contribution in [0, 0.1) is 0 Å². The van der Waals surface area contributed by atoms with Crippen LogP contribution in [0.5, 0.6) is 11.5 Å². The highest BCUT2D eigenvalue weighted by Gasteiger charge is 2.35. The number of carbonyl (C=O) groups is 1. The van der Waals surface area contributed by atoms with Crippen molar-refractivity contribution in [2.24, 2.45) is 0 Å². The summed E-state index contributed by atoms with van der Waals surface area (Å²) >= 11 is 1.55. The topological polar surface area (TPSA) is 87.5 Å². The predicted molar refractivity (Wildman–Crippen MR) is 141 cm³/mol. The SMILES string of the molecule is CCCCOC(=O)C1=C(C)Nc2nc(SCC)nn2C1c1ccc(OCc2ccccc2)c(OC)c1. The number of nitrogens with zero attached hydrogens (tertiary/aromatic N) is 3. The molecule has 1 aliphatic rings. The van der Waals surface area contributed by atoms with Gasteiger partial charge in [0.1, 0.15) is 12.6 Å². The average Bonchev–Trinajstić information content (AvgIpc) is 3.29. The standard InChI is InChI=1S/C27H32N4O4S/c1-5-7-15-34-25(32)23-18(3)28-26-29-27(36-6-2)30-31(26)24(23)20-13-14-21(22(16-20)33-4)35-17-19-11-9-8-10-12-19/h8-14,16,24H,5-7,15,17H2,1-4H3,(H,28,29,30). The number of methoxy groups -OCH3 is 1. The molecule has 0 bridgehead atoms. The summed E-state index contributed by atoms with van der Waals surface area (Å²) < 4.78 is 19.1. The maximum Gasteiger partial charge on any atom is 0.338 e. The van der Waals surface area contributed by atoms with E-state index in [9.17, 15) is 4.79 Å². The van der Waals surface area contributed by atoms with Gasteiger partial charge in [0.05, 0.1) is 19.3 Å². The first-order valence-corrected chi connectivity index (χ1v) is 13.1. The van der Waals surface area contributed by atoms with Crippen molar-refractivity contribution < 1.29 is 19.0 Å². The number of ether oxygens (including phenoxy) is 3. The third-order valence-corrected chi connectivity index (χ3v) is 6.52. The van der Waals surface area contributed by atoms with Crippen LogP contribution in [0.4, 0.5) is 5.95 Å². The molecule has 3 aromatic rings. The fourth-order valence-electron chi connectivity index (χ4n) is 3.99. The van der Waals surface area contributed by atoms with Crippen LogP contribution >= 0.6 is 11.8 Å². The summed E-state index contributed by atoms with van der Waals surface area (Å²) in [5.41, 5.74) is 3.07. The van der Waals surface area contributed by atoms with Crippen LogP contribution in [0.25, 0.3) is 0 Å². The quantitative estimate of drug-likeness (QED) is 0.203. The third-order valence-electron chi connectivity index (χ3n) is 5.80. The van der Waals surface area contributed by atoms with Gasteiger partial charge in [-0.05, 0) is 42.4 Å². The molecule has 0 aliphatic carbocycles. The van der Waals surface area contributed by atoms with Crippen molar-refractivity contribution in [3.8, 4) is 11.5 Å². The van der Waals surface area contributed by atoms with Crippen LogP contribution in [0.1, 0.15) is 50.8 Å². The number of allylic oxidation sites excluding steroid dienone is 1. The first kappa shape index (κ1) is 25.6. The molecule has 0 fully saturated rings. The fraction of sp³-hybridized carbons (Fsp3) is 0.370. The zero-order valence-corrected chi connectivity index (χ0v) is 21.9. The van der Waals surface area contributed by atoms with E-state index in [4.69, 9.17) is 19.3 Å². The van der Waals surface area contributed by atoms with E-state index < -0.39 is 6.04 Å². The van der Waals surface area contributed by atoms with E-state index in [2.05, 4.69) is 24.1 Å². The molecule has 0 spiro atoms. The van der Waals surface area contributed by atoms with E-state index in [1.54, 1.807) is 23.6 Å². The molecule has 190 valence electrons. The Bertz CT molecular complexity index is 1230. The summed E-state index contributed by atoms with van der Waals surface area (Å²) in [4.78, 5) is 17.9. The summed E-state index contributed by atoms with van der Waals surface area (Å²) in [6, 6.07) is 15.1. The minimum Gasteiger partial charge on any atom is -0.493 e. The number of esters is 1. The molecule has 2 heterocycles. The summed E-state index contributed by atoms with van der Waals surface area (Å²) in [6.07, 6.45) is 1.75. The molecule has 1 atom stereocenters. The summed E-state index contributed by atoms with van der Waals surface area (Å²) in [5, 5.41) is 8.59. The van der Waals surface area contributed by atoms with Crippen LogP contribution < -0.4 is 14.8 Å². The number of anilines is 1. The number of carbonyl (C=O) groups excluding carboxylic acids is 1. The van der Waals surface area contributed by atoms with Crippen LogP contribution in [-0.4, -0.2) is 40.2 Å². The Balaban J connectivity index is 1.70. The maximum absolute atomic E-state index is 13.2. The number of aromatic nitrogens is 3. The Morgan fingerprint density at radius 3 is 2.67 bits per heavy atom. The van der Waals surface area contributed by atoms with Crippen LogP contribution in [0.3, 0.4) is 0 Å². The molecule has 1 aliphatic heterocycles.